The first-order valence-electron chi connectivity index (χ1n) is 10.8. The number of nitrogens with zero attached hydrogens (tertiary/aromatic N) is 3. The third-order valence-corrected chi connectivity index (χ3v) is 6.05. The summed E-state index contributed by atoms with van der Waals surface area (Å²) < 4.78 is 5.71. The topological polar surface area (TPSA) is 56.0 Å². The molecule has 2 N–H and O–H groups in total. The molecule has 2 saturated heterocycles. The van der Waals surface area contributed by atoms with Crippen LogP contribution >= 0.6 is 24.0 Å². The summed E-state index contributed by atoms with van der Waals surface area (Å²) >= 11 is 0. The molecule has 160 valence electrons. The van der Waals surface area contributed by atoms with E-state index in [1.165, 1.54) is 45.1 Å². The quantitative estimate of drug-likeness (QED) is 0.323. The largest absolute Gasteiger partial charge is 0.468 e. The Balaban J connectivity index is 0.00000280. The fourth-order valence-electron chi connectivity index (χ4n) is 4.49. The molecule has 2 fully saturated rings. The van der Waals surface area contributed by atoms with Crippen molar-refractivity contribution >= 4 is 29.9 Å². The molecule has 0 saturated carbocycles. The fourth-order valence-corrected chi connectivity index (χ4v) is 4.49. The molecule has 0 spiro atoms. The van der Waals surface area contributed by atoms with Gasteiger partial charge in [0.2, 0.25) is 0 Å². The molecule has 0 aromatic carbocycles. The maximum atomic E-state index is 5.71. The molecule has 0 aliphatic carbocycles. The second-order valence-electron chi connectivity index (χ2n) is 7.75. The number of guanidine groups is 1. The van der Waals surface area contributed by atoms with E-state index in [0.717, 1.165) is 50.5 Å². The molecule has 2 aliphatic heterocycles. The second-order valence-corrected chi connectivity index (χ2v) is 7.75. The SMILES string of the molecule is CCC1CCCCN1CCNC(=NC)NCC(c1ccco1)N1CCCC1.I. The number of piperidine rings is 1. The average Bonchev–Trinajstić information content (AvgIpc) is 3.42. The van der Waals surface area contributed by atoms with Crippen molar-refractivity contribution in [3.05, 3.63) is 24.2 Å². The van der Waals surface area contributed by atoms with Gasteiger partial charge < -0.3 is 15.1 Å². The lowest BCUT2D eigenvalue weighted by Crippen LogP contribution is -2.47. The molecule has 6 nitrogen and oxygen atoms in total. The summed E-state index contributed by atoms with van der Waals surface area (Å²) in [6, 6.07) is 5.10. The van der Waals surface area contributed by atoms with Crippen LogP contribution in [0.2, 0.25) is 0 Å². The summed E-state index contributed by atoms with van der Waals surface area (Å²) in [4.78, 5) is 9.57. The van der Waals surface area contributed by atoms with Crippen molar-refractivity contribution in [2.24, 2.45) is 4.99 Å². The number of likely N-dealkylation sites (tertiary alicyclic amines) is 2. The molecule has 0 radical (unpaired) electrons. The summed E-state index contributed by atoms with van der Waals surface area (Å²) in [7, 11) is 1.85. The van der Waals surface area contributed by atoms with E-state index in [9.17, 15) is 0 Å². The highest BCUT2D eigenvalue weighted by Crippen LogP contribution is 2.24. The molecule has 1 aromatic heterocycles. The van der Waals surface area contributed by atoms with E-state index < -0.39 is 0 Å². The normalized spacial score (nSPS) is 22.6. The van der Waals surface area contributed by atoms with Crippen LogP contribution in [0.4, 0.5) is 0 Å². The number of furan rings is 1. The van der Waals surface area contributed by atoms with Crippen molar-refractivity contribution in [1.29, 1.82) is 0 Å². The van der Waals surface area contributed by atoms with Crippen molar-refractivity contribution in [2.45, 2.75) is 57.5 Å². The zero-order valence-corrected chi connectivity index (χ0v) is 19.9. The van der Waals surface area contributed by atoms with Crippen LogP contribution in [0.5, 0.6) is 0 Å². The van der Waals surface area contributed by atoms with E-state index in [1.54, 1.807) is 6.26 Å². The van der Waals surface area contributed by atoms with Gasteiger partial charge in [0.15, 0.2) is 5.96 Å². The van der Waals surface area contributed by atoms with Gasteiger partial charge in [0.1, 0.15) is 5.76 Å². The van der Waals surface area contributed by atoms with Crippen LogP contribution in [0.25, 0.3) is 0 Å². The predicted octanol–water partition coefficient (Wildman–Crippen LogP) is 3.46. The molecular formula is C21H38IN5O. The molecule has 2 atom stereocenters. The van der Waals surface area contributed by atoms with Crippen molar-refractivity contribution in [1.82, 2.24) is 20.4 Å². The second kappa shape index (κ2) is 12.7. The van der Waals surface area contributed by atoms with Gasteiger partial charge in [0.25, 0.3) is 0 Å². The van der Waals surface area contributed by atoms with Crippen molar-refractivity contribution in [2.75, 3.05) is 46.3 Å². The first-order chi connectivity index (χ1) is 13.3. The van der Waals surface area contributed by atoms with Crippen LogP contribution < -0.4 is 10.6 Å². The Hall–Kier alpha value is -0.800. The van der Waals surface area contributed by atoms with E-state index in [-0.39, 0.29) is 30.0 Å². The van der Waals surface area contributed by atoms with Crippen LogP contribution in [-0.2, 0) is 0 Å². The summed E-state index contributed by atoms with van der Waals surface area (Å²) in [6.07, 6.45) is 9.66. The zero-order valence-electron chi connectivity index (χ0n) is 17.5. The van der Waals surface area contributed by atoms with E-state index in [4.69, 9.17) is 4.42 Å². The lowest BCUT2D eigenvalue weighted by atomic mass is 10.0. The number of nitrogens with one attached hydrogen (secondary N) is 2. The number of aliphatic imine (C=N–C) groups is 1. The van der Waals surface area contributed by atoms with Crippen LogP contribution in [-0.4, -0.2) is 68.1 Å². The van der Waals surface area contributed by atoms with Crippen LogP contribution in [0.15, 0.2) is 27.8 Å². The molecule has 28 heavy (non-hydrogen) atoms. The summed E-state index contributed by atoms with van der Waals surface area (Å²) in [5.74, 6) is 1.93. The monoisotopic (exact) mass is 503 g/mol. The highest BCUT2D eigenvalue weighted by Gasteiger charge is 2.25. The van der Waals surface area contributed by atoms with Gasteiger partial charge in [-0.2, -0.15) is 0 Å². The Morgan fingerprint density at radius 2 is 2.00 bits per heavy atom. The molecule has 3 heterocycles. The van der Waals surface area contributed by atoms with E-state index in [0.29, 0.717) is 0 Å². The summed E-state index contributed by atoms with van der Waals surface area (Å²) in [6.45, 7) is 8.68. The highest BCUT2D eigenvalue weighted by atomic mass is 127. The standard InChI is InChI=1S/C21H37N5O.HI/c1-3-18-9-4-5-12-25(18)15-11-23-21(22-2)24-17-19(20-10-8-16-27-20)26-13-6-7-14-26;/h8,10,16,18-19H,3-7,9,11-15,17H2,1-2H3,(H2,22,23,24);1H. The first-order valence-corrected chi connectivity index (χ1v) is 10.8. The third-order valence-electron chi connectivity index (χ3n) is 6.05. The summed E-state index contributed by atoms with van der Waals surface area (Å²) in [5, 5.41) is 7.02. The van der Waals surface area contributed by atoms with Crippen molar-refractivity contribution < 1.29 is 4.42 Å². The van der Waals surface area contributed by atoms with Crippen LogP contribution in [0.3, 0.4) is 0 Å². The minimum Gasteiger partial charge on any atom is -0.468 e. The lowest BCUT2D eigenvalue weighted by Gasteiger charge is -2.35. The molecule has 7 heteroatoms. The molecule has 3 rings (SSSR count). The first kappa shape index (κ1) is 23.5. The van der Waals surface area contributed by atoms with Crippen molar-refractivity contribution in [3.8, 4) is 0 Å². The number of halogens is 1. The van der Waals surface area contributed by atoms with E-state index in [1.807, 2.05) is 13.1 Å². The van der Waals surface area contributed by atoms with Crippen LogP contribution in [0.1, 0.15) is 57.3 Å². The fraction of sp³-hybridized carbons (Fsp3) is 0.762. The Morgan fingerprint density at radius 1 is 1.21 bits per heavy atom. The number of hydrogen-bond donors (Lipinski definition) is 2. The molecule has 2 unspecified atom stereocenters. The van der Waals surface area contributed by atoms with Gasteiger partial charge in [-0.25, -0.2) is 0 Å². The Bertz CT molecular complexity index is 559. The van der Waals surface area contributed by atoms with Gasteiger partial charge in [-0.1, -0.05) is 13.3 Å². The predicted molar refractivity (Wildman–Crippen MR) is 127 cm³/mol. The highest BCUT2D eigenvalue weighted by molar-refractivity contribution is 14.0. The zero-order chi connectivity index (χ0) is 18.9. The van der Waals surface area contributed by atoms with E-state index in [2.05, 4.69) is 38.4 Å². The van der Waals surface area contributed by atoms with Gasteiger partial charge in [0, 0.05) is 32.7 Å². The number of rotatable bonds is 8. The minimum atomic E-state index is 0. The average molecular weight is 503 g/mol. The Morgan fingerprint density at radius 3 is 2.68 bits per heavy atom. The Kier molecular flexibility index (Phi) is 10.6. The molecule has 0 amide bonds. The third kappa shape index (κ3) is 6.62. The van der Waals surface area contributed by atoms with Gasteiger partial charge >= 0.3 is 0 Å². The van der Waals surface area contributed by atoms with Gasteiger partial charge in [-0.3, -0.25) is 14.8 Å². The lowest BCUT2D eigenvalue weighted by molar-refractivity contribution is 0.147. The number of hydrogen-bond acceptors (Lipinski definition) is 4. The molecular weight excluding hydrogens is 465 g/mol. The maximum absolute atomic E-state index is 5.71. The smallest absolute Gasteiger partial charge is 0.191 e. The van der Waals surface area contributed by atoms with Gasteiger partial charge in [-0.15, -0.1) is 24.0 Å². The summed E-state index contributed by atoms with van der Waals surface area (Å²) in [5.41, 5.74) is 0. The molecule has 2 aliphatic rings. The maximum Gasteiger partial charge on any atom is 0.191 e. The van der Waals surface area contributed by atoms with Crippen LogP contribution in [0, 0.1) is 0 Å². The van der Waals surface area contributed by atoms with E-state index >= 15 is 0 Å². The van der Waals surface area contributed by atoms with Gasteiger partial charge in [-0.05, 0) is 63.9 Å². The Labute approximate surface area is 187 Å². The molecule has 1 aromatic rings. The van der Waals surface area contributed by atoms with Crippen molar-refractivity contribution in [3.63, 3.8) is 0 Å². The van der Waals surface area contributed by atoms with Gasteiger partial charge in [0.05, 0.1) is 12.3 Å². The molecule has 0 bridgehead atoms. The minimum absolute atomic E-state index is 0.